The summed E-state index contributed by atoms with van der Waals surface area (Å²) in [4.78, 5) is 6.78. The van der Waals surface area contributed by atoms with E-state index in [0.717, 1.165) is 38.0 Å². The first-order valence-corrected chi connectivity index (χ1v) is 9.10. The van der Waals surface area contributed by atoms with Gasteiger partial charge in [0.2, 0.25) is 0 Å². The van der Waals surface area contributed by atoms with Gasteiger partial charge in [-0.15, -0.1) is 24.0 Å². The largest absolute Gasteiger partial charge is 0.492 e. The molecule has 1 aliphatic heterocycles. The molecule has 0 spiro atoms. The maximum Gasteiger partial charge on any atom is 0.191 e. The maximum atomic E-state index is 5.73. The molecule has 1 aromatic carbocycles. The molecule has 1 fully saturated rings. The van der Waals surface area contributed by atoms with Gasteiger partial charge in [-0.2, -0.15) is 0 Å². The van der Waals surface area contributed by atoms with E-state index in [0.29, 0.717) is 19.2 Å². The fraction of sp³-hybridized carbons (Fsp3) is 0.632. The molecule has 2 rings (SSSR count). The van der Waals surface area contributed by atoms with Crippen LogP contribution in [0.5, 0.6) is 5.75 Å². The summed E-state index contributed by atoms with van der Waals surface area (Å²) in [5.41, 5.74) is 1.24. The van der Waals surface area contributed by atoms with Gasteiger partial charge in [-0.1, -0.05) is 17.7 Å². The lowest BCUT2D eigenvalue weighted by Crippen LogP contribution is -2.46. The van der Waals surface area contributed by atoms with Crippen molar-refractivity contribution in [2.24, 2.45) is 4.99 Å². The van der Waals surface area contributed by atoms with Crippen molar-refractivity contribution < 1.29 is 9.47 Å². The van der Waals surface area contributed by atoms with E-state index < -0.39 is 0 Å². The summed E-state index contributed by atoms with van der Waals surface area (Å²) < 4.78 is 10.9. The van der Waals surface area contributed by atoms with Gasteiger partial charge < -0.3 is 20.1 Å². The first-order valence-electron chi connectivity index (χ1n) is 9.10. The minimum absolute atomic E-state index is 0. The lowest BCUT2D eigenvalue weighted by molar-refractivity contribution is 0.141. The highest BCUT2D eigenvalue weighted by Gasteiger charge is 2.23. The molecule has 26 heavy (non-hydrogen) atoms. The van der Waals surface area contributed by atoms with Gasteiger partial charge in [0.25, 0.3) is 0 Å². The van der Waals surface area contributed by atoms with Crippen molar-refractivity contribution in [1.82, 2.24) is 15.5 Å². The number of guanidine groups is 1. The van der Waals surface area contributed by atoms with Crippen LogP contribution in [0, 0.1) is 6.92 Å². The second-order valence-corrected chi connectivity index (χ2v) is 6.37. The number of halogens is 1. The Bertz CT molecular complexity index is 525. The molecule has 0 saturated carbocycles. The summed E-state index contributed by atoms with van der Waals surface area (Å²) in [6.45, 7) is 7.24. The van der Waals surface area contributed by atoms with Gasteiger partial charge in [0.15, 0.2) is 5.96 Å². The van der Waals surface area contributed by atoms with Crippen molar-refractivity contribution in [2.45, 2.75) is 25.8 Å². The highest BCUT2D eigenvalue weighted by molar-refractivity contribution is 14.0. The number of rotatable bonds is 9. The van der Waals surface area contributed by atoms with Crippen LogP contribution in [0.2, 0.25) is 0 Å². The third-order valence-electron chi connectivity index (χ3n) is 4.49. The number of ether oxygens (including phenoxy) is 2. The Kier molecular flexibility index (Phi) is 11.6. The van der Waals surface area contributed by atoms with Crippen LogP contribution in [0.25, 0.3) is 0 Å². The molecule has 1 unspecified atom stereocenters. The zero-order chi connectivity index (χ0) is 17.9. The van der Waals surface area contributed by atoms with Crippen LogP contribution in [0.15, 0.2) is 29.3 Å². The summed E-state index contributed by atoms with van der Waals surface area (Å²) in [5.74, 6) is 1.72. The molecule has 148 valence electrons. The molecule has 0 radical (unpaired) electrons. The van der Waals surface area contributed by atoms with Crippen LogP contribution in [-0.4, -0.2) is 70.5 Å². The highest BCUT2D eigenvalue weighted by Crippen LogP contribution is 2.15. The molecule has 0 aliphatic carbocycles. The van der Waals surface area contributed by atoms with E-state index in [-0.39, 0.29) is 24.0 Å². The number of likely N-dealkylation sites (tertiary alicyclic amines) is 1. The molecule has 2 N–H and O–H groups in total. The monoisotopic (exact) mass is 476 g/mol. The second kappa shape index (κ2) is 13.2. The zero-order valence-electron chi connectivity index (χ0n) is 16.2. The topological polar surface area (TPSA) is 58.1 Å². The first kappa shape index (κ1) is 23.0. The predicted octanol–water partition coefficient (Wildman–Crippen LogP) is 2.27. The third-order valence-corrected chi connectivity index (χ3v) is 4.49. The number of aryl methyl sites for hydroxylation is 1. The fourth-order valence-corrected chi connectivity index (χ4v) is 3.04. The average Bonchev–Trinajstić information content (AvgIpc) is 3.08. The molecule has 1 aromatic rings. The molecule has 6 nitrogen and oxygen atoms in total. The average molecular weight is 476 g/mol. The van der Waals surface area contributed by atoms with Crippen molar-refractivity contribution >= 4 is 29.9 Å². The summed E-state index contributed by atoms with van der Waals surface area (Å²) in [6, 6.07) is 8.66. The molecule has 0 amide bonds. The standard InChI is InChI=1S/C19H32N4O2.HI/c1-16-6-8-18(9-7-16)25-13-10-21-19(20-2)22-15-17-5-4-11-23(17)12-14-24-3;/h6-9,17H,4-5,10-15H2,1-3H3,(H2,20,21,22);1H. The van der Waals surface area contributed by atoms with Crippen molar-refractivity contribution in [2.75, 3.05) is 53.6 Å². The van der Waals surface area contributed by atoms with Crippen LogP contribution in [-0.2, 0) is 4.74 Å². The van der Waals surface area contributed by atoms with E-state index in [1.807, 2.05) is 12.1 Å². The van der Waals surface area contributed by atoms with Gasteiger partial charge in [-0.3, -0.25) is 9.89 Å². The van der Waals surface area contributed by atoms with E-state index in [1.165, 1.54) is 18.4 Å². The molecular formula is C19H33IN4O2. The van der Waals surface area contributed by atoms with E-state index >= 15 is 0 Å². The Morgan fingerprint density at radius 1 is 1.23 bits per heavy atom. The number of methoxy groups -OCH3 is 1. The number of hydrogen-bond donors (Lipinski definition) is 2. The van der Waals surface area contributed by atoms with Gasteiger partial charge in [-0.05, 0) is 38.4 Å². The molecule has 1 heterocycles. The van der Waals surface area contributed by atoms with Crippen molar-refractivity contribution in [3.63, 3.8) is 0 Å². The van der Waals surface area contributed by atoms with Crippen molar-refractivity contribution in [3.05, 3.63) is 29.8 Å². The lowest BCUT2D eigenvalue weighted by atomic mass is 10.2. The van der Waals surface area contributed by atoms with Gasteiger partial charge in [0, 0.05) is 33.3 Å². The Morgan fingerprint density at radius 2 is 2.00 bits per heavy atom. The maximum absolute atomic E-state index is 5.73. The second-order valence-electron chi connectivity index (χ2n) is 6.37. The molecular weight excluding hydrogens is 443 g/mol. The number of benzene rings is 1. The van der Waals surface area contributed by atoms with E-state index in [9.17, 15) is 0 Å². The molecule has 1 atom stereocenters. The van der Waals surface area contributed by atoms with Crippen molar-refractivity contribution in [1.29, 1.82) is 0 Å². The first-order chi connectivity index (χ1) is 12.2. The van der Waals surface area contributed by atoms with E-state index in [1.54, 1.807) is 14.2 Å². The molecule has 1 saturated heterocycles. The third kappa shape index (κ3) is 8.09. The molecule has 0 aromatic heterocycles. The summed E-state index contributed by atoms with van der Waals surface area (Å²) in [7, 11) is 3.56. The zero-order valence-corrected chi connectivity index (χ0v) is 18.5. The van der Waals surface area contributed by atoms with Gasteiger partial charge in [0.05, 0.1) is 13.2 Å². The summed E-state index contributed by atoms with van der Waals surface area (Å²) in [5, 5.41) is 6.73. The Hall–Kier alpha value is -1.06. The molecule has 7 heteroatoms. The van der Waals surface area contributed by atoms with Crippen molar-refractivity contribution in [3.8, 4) is 5.75 Å². The smallest absolute Gasteiger partial charge is 0.191 e. The Labute approximate surface area is 174 Å². The number of nitrogens with zero attached hydrogens (tertiary/aromatic N) is 2. The van der Waals surface area contributed by atoms with Gasteiger partial charge in [0.1, 0.15) is 12.4 Å². The van der Waals surface area contributed by atoms with Gasteiger partial charge >= 0.3 is 0 Å². The molecule has 1 aliphatic rings. The SMILES string of the molecule is CN=C(NCCOc1ccc(C)cc1)NCC1CCCN1CCOC.I. The van der Waals surface area contributed by atoms with Crippen LogP contribution in [0.4, 0.5) is 0 Å². The predicted molar refractivity (Wildman–Crippen MR) is 118 cm³/mol. The quantitative estimate of drug-likeness (QED) is 0.248. The van der Waals surface area contributed by atoms with Crippen LogP contribution in [0.3, 0.4) is 0 Å². The number of nitrogens with one attached hydrogen (secondary N) is 2. The molecule has 0 bridgehead atoms. The lowest BCUT2D eigenvalue weighted by Gasteiger charge is -2.25. The fourth-order valence-electron chi connectivity index (χ4n) is 3.04. The number of hydrogen-bond acceptors (Lipinski definition) is 4. The van der Waals surface area contributed by atoms with Crippen LogP contribution >= 0.6 is 24.0 Å². The highest BCUT2D eigenvalue weighted by atomic mass is 127. The minimum atomic E-state index is 0. The van der Waals surface area contributed by atoms with Crippen LogP contribution in [0.1, 0.15) is 18.4 Å². The minimum Gasteiger partial charge on any atom is -0.492 e. The summed E-state index contributed by atoms with van der Waals surface area (Å²) >= 11 is 0. The van der Waals surface area contributed by atoms with Crippen LogP contribution < -0.4 is 15.4 Å². The Morgan fingerprint density at radius 3 is 2.69 bits per heavy atom. The normalized spacial score (nSPS) is 17.7. The number of aliphatic imine (C=N–C) groups is 1. The van der Waals surface area contributed by atoms with E-state index in [2.05, 4.69) is 39.6 Å². The van der Waals surface area contributed by atoms with Gasteiger partial charge in [-0.25, -0.2) is 0 Å². The van der Waals surface area contributed by atoms with E-state index in [4.69, 9.17) is 9.47 Å². The summed E-state index contributed by atoms with van der Waals surface area (Å²) in [6.07, 6.45) is 2.48. The Balaban J connectivity index is 0.00000338.